The molecule has 4 nitrogen and oxygen atoms in total. The summed E-state index contributed by atoms with van der Waals surface area (Å²) in [5, 5.41) is 3.69. The molecule has 0 unspecified atom stereocenters. The van der Waals surface area contributed by atoms with Crippen molar-refractivity contribution in [1.82, 2.24) is 9.72 Å². The van der Waals surface area contributed by atoms with Gasteiger partial charge in [-0.3, -0.25) is 9.09 Å². The fourth-order valence-corrected chi connectivity index (χ4v) is 1.25. The maximum absolute atomic E-state index is 11.0. The SMILES string of the molecule is Cn1c(Cc2ccccc2)noc1=O. The lowest BCUT2D eigenvalue weighted by Crippen LogP contribution is -2.12. The Morgan fingerprint density at radius 3 is 2.64 bits per heavy atom. The zero-order valence-corrected chi connectivity index (χ0v) is 7.80. The lowest BCUT2D eigenvalue weighted by molar-refractivity contribution is 0.376. The highest BCUT2D eigenvalue weighted by Gasteiger charge is 2.06. The smallest absolute Gasteiger partial charge is 0.296 e. The highest BCUT2D eigenvalue weighted by Crippen LogP contribution is 2.04. The van der Waals surface area contributed by atoms with Crippen LogP contribution in [0.3, 0.4) is 0 Å². The van der Waals surface area contributed by atoms with Gasteiger partial charge in [-0.25, -0.2) is 4.79 Å². The van der Waals surface area contributed by atoms with Crippen LogP contribution in [-0.4, -0.2) is 9.72 Å². The maximum Gasteiger partial charge on any atom is 0.441 e. The van der Waals surface area contributed by atoms with Crippen molar-refractivity contribution in [3.8, 4) is 0 Å². The lowest BCUT2D eigenvalue weighted by atomic mass is 10.1. The zero-order valence-electron chi connectivity index (χ0n) is 7.80. The first-order chi connectivity index (χ1) is 6.77. The number of hydrogen-bond acceptors (Lipinski definition) is 3. The molecular formula is C10H10N2O2. The van der Waals surface area contributed by atoms with E-state index in [1.807, 2.05) is 30.3 Å². The van der Waals surface area contributed by atoms with Crippen LogP contribution in [0.25, 0.3) is 0 Å². The second-order valence-electron chi connectivity index (χ2n) is 3.09. The van der Waals surface area contributed by atoms with E-state index in [0.717, 1.165) is 5.56 Å². The topological polar surface area (TPSA) is 48.0 Å². The zero-order chi connectivity index (χ0) is 9.97. The van der Waals surface area contributed by atoms with E-state index in [4.69, 9.17) is 0 Å². The first-order valence-electron chi connectivity index (χ1n) is 4.33. The Balaban J connectivity index is 2.28. The molecule has 2 aromatic rings. The molecule has 72 valence electrons. The van der Waals surface area contributed by atoms with Crippen molar-refractivity contribution in [2.24, 2.45) is 7.05 Å². The van der Waals surface area contributed by atoms with Crippen LogP contribution in [0.15, 0.2) is 39.6 Å². The Morgan fingerprint density at radius 1 is 1.36 bits per heavy atom. The molecule has 1 heterocycles. The minimum absolute atomic E-state index is 0.420. The average molecular weight is 190 g/mol. The Morgan fingerprint density at radius 2 is 2.07 bits per heavy atom. The van der Waals surface area contributed by atoms with E-state index in [2.05, 4.69) is 9.68 Å². The molecule has 1 aromatic carbocycles. The van der Waals surface area contributed by atoms with Gasteiger partial charge in [0.15, 0.2) is 5.82 Å². The predicted octanol–water partition coefficient (Wildman–Crippen LogP) is 0.964. The molecule has 0 amide bonds. The third-order valence-electron chi connectivity index (χ3n) is 2.10. The van der Waals surface area contributed by atoms with Crippen molar-refractivity contribution in [2.45, 2.75) is 6.42 Å². The van der Waals surface area contributed by atoms with Gasteiger partial charge in [0, 0.05) is 13.5 Å². The Hall–Kier alpha value is -1.84. The summed E-state index contributed by atoms with van der Waals surface area (Å²) in [4.78, 5) is 11.0. The van der Waals surface area contributed by atoms with E-state index in [-0.39, 0.29) is 0 Å². The van der Waals surface area contributed by atoms with Gasteiger partial charge in [-0.1, -0.05) is 35.5 Å². The maximum atomic E-state index is 11.0. The summed E-state index contributed by atoms with van der Waals surface area (Å²) in [6, 6.07) is 9.82. The number of hydrogen-bond donors (Lipinski definition) is 0. The molecule has 1 aromatic heterocycles. The minimum Gasteiger partial charge on any atom is -0.296 e. The highest BCUT2D eigenvalue weighted by atomic mass is 16.5. The van der Waals surface area contributed by atoms with Crippen LogP contribution in [0.5, 0.6) is 0 Å². The van der Waals surface area contributed by atoms with Crippen LogP contribution < -0.4 is 5.76 Å². The number of benzene rings is 1. The van der Waals surface area contributed by atoms with Crippen LogP contribution in [0.1, 0.15) is 11.4 Å². The molecule has 4 heteroatoms. The largest absolute Gasteiger partial charge is 0.441 e. The first kappa shape index (κ1) is 8.74. The quantitative estimate of drug-likeness (QED) is 0.708. The Bertz CT molecular complexity index is 470. The van der Waals surface area contributed by atoms with E-state index in [1.165, 1.54) is 4.57 Å². The van der Waals surface area contributed by atoms with Crippen molar-refractivity contribution in [1.29, 1.82) is 0 Å². The summed E-state index contributed by atoms with van der Waals surface area (Å²) in [6.45, 7) is 0. The number of rotatable bonds is 2. The van der Waals surface area contributed by atoms with Gasteiger partial charge in [0.2, 0.25) is 0 Å². The Labute approximate surface area is 80.8 Å². The van der Waals surface area contributed by atoms with E-state index < -0.39 is 5.76 Å². The molecular weight excluding hydrogens is 180 g/mol. The van der Waals surface area contributed by atoms with Crippen LogP contribution in [0.4, 0.5) is 0 Å². The van der Waals surface area contributed by atoms with Gasteiger partial charge < -0.3 is 0 Å². The van der Waals surface area contributed by atoms with Crippen molar-refractivity contribution < 1.29 is 4.52 Å². The predicted molar refractivity (Wildman–Crippen MR) is 51.0 cm³/mol. The van der Waals surface area contributed by atoms with Crippen molar-refractivity contribution in [3.05, 3.63) is 52.3 Å². The molecule has 0 saturated carbocycles. The van der Waals surface area contributed by atoms with Crippen LogP contribution in [0, 0.1) is 0 Å². The molecule has 2 rings (SSSR count). The normalized spacial score (nSPS) is 10.4. The molecule has 0 bridgehead atoms. The van der Waals surface area contributed by atoms with Gasteiger partial charge in [-0.15, -0.1) is 0 Å². The summed E-state index contributed by atoms with van der Waals surface area (Å²) in [6.07, 6.45) is 0.614. The molecule has 0 saturated heterocycles. The summed E-state index contributed by atoms with van der Waals surface area (Å²) in [5.41, 5.74) is 1.11. The van der Waals surface area contributed by atoms with Crippen LogP contribution in [-0.2, 0) is 13.5 Å². The molecule has 0 N–H and O–H groups in total. The number of nitrogens with zero attached hydrogens (tertiary/aromatic N) is 2. The molecule has 0 aliphatic heterocycles. The molecule has 0 atom stereocenters. The van der Waals surface area contributed by atoms with E-state index in [1.54, 1.807) is 7.05 Å². The average Bonchev–Trinajstić information content (AvgIpc) is 2.52. The van der Waals surface area contributed by atoms with Gasteiger partial charge in [-0.2, -0.15) is 0 Å². The molecule has 0 radical (unpaired) electrons. The molecule has 0 fully saturated rings. The van der Waals surface area contributed by atoms with Crippen LogP contribution in [0.2, 0.25) is 0 Å². The van der Waals surface area contributed by atoms with Crippen molar-refractivity contribution in [3.63, 3.8) is 0 Å². The molecule has 0 aliphatic rings. The summed E-state index contributed by atoms with van der Waals surface area (Å²) in [5.74, 6) is 0.220. The third kappa shape index (κ3) is 1.59. The lowest BCUT2D eigenvalue weighted by Gasteiger charge is -1.97. The molecule has 14 heavy (non-hydrogen) atoms. The fraction of sp³-hybridized carbons (Fsp3) is 0.200. The Kier molecular flexibility index (Phi) is 2.18. The number of aromatic nitrogens is 2. The summed E-state index contributed by atoms with van der Waals surface area (Å²) in [7, 11) is 1.65. The van der Waals surface area contributed by atoms with Gasteiger partial charge >= 0.3 is 5.76 Å². The van der Waals surface area contributed by atoms with Gasteiger partial charge in [0.25, 0.3) is 0 Å². The standard InChI is InChI=1S/C10H10N2O2/c1-12-9(11-14-10(12)13)7-8-5-3-2-4-6-8/h2-6H,7H2,1H3. The molecule has 0 aliphatic carbocycles. The third-order valence-corrected chi connectivity index (χ3v) is 2.10. The highest BCUT2D eigenvalue weighted by molar-refractivity contribution is 5.18. The van der Waals surface area contributed by atoms with Crippen molar-refractivity contribution in [2.75, 3.05) is 0 Å². The second-order valence-corrected chi connectivity index (χ2v) is 3.09. The molecule has 0 spiro atoms. The van der Waals surface area contributed by atoms with E-state index >= 15 is 0 Å². The monoisotopic (exact) mass is 190 g/mol. The van der Waals surface area contributed by atoms with Crippen molar-refractivity contribution >= 4 is 0 Å². The van der Waals surface area contributed by atoms with Crippen LogP contribution >= 0.6 is 0 Å². The second kappa shape index (κ2) is 3.49. The van der Waals surface area contributed by atoms with Gasteiger partial charge in [-0.05, 0) is 5.56 Å². The fourth-order valence-electron chi connectivity index (χ4n) is 1.25. The minimum atomic E-state index is -0.420. The van der Waals surface area contributed by atoms with Gasteiger partial charge in [0.1, 0.15) is 0 Å². The first-order valence-corrected chi connectivity index (χ1v) is 4.33. The van der Waals surface area contributed by atoms with E-state index in [9.17, 15) is 4.79 Å². The van der Waals surface area contributed by atoms with Gasteiger partial charge in [0.05, 0.1) is 0 Å². The summed E-state index contributed by atoms with van der Waals surface area (Å²) >= 11 is 0. The summed E-state index contributed by atoms with van der Waals surface area (Å²) < 4.78 is 5.93. The van der Waals surface area contributed by atoms with E-state index in [0.29, 0.717) is 12.2 Å².